The number of rotatable bonds is 8. The van der Waals surface area contributed by atoms with Gasteiger partial charge in [-0.3, -0.25) is 15.5 Å². The topological polar surface area (TPSA) is 89.7 Å². The summed E-state index contributed by atoms with van der Waals surface area (Å²) in [5.74, 6) is 0.792. The zero-order valence-corrected chi connectivity index (χ0v) is 18.1. The molecule has 32 heavy (non-hydrogen) atoms. The number of nitro groups is 1. The van der Waals surface area contributed by atoms with Crippen molar-refractivity contribution in [1.29, 1.82) is 0 Å². The van der Waals surface area contributed by atoms with E-state index in [1.807, 2.05) is 66.9 Å². The van der Waals surface area contributed by atoms with Gasteiger partial charge in [-0.05, 0) is 42.3 Å². The van der Waals surface area contributed by atoms with Crippen LogP contribution in [0.3, 0.4) is 0 Å². The molecule has 1 aromatic heterocycles. The van der Waals surface area contributed by atoms with Gasteiger partial charge < -0.3 is 4.74 Å². The van der Waals surface area contributed by atoms with E-state index in [0.717, 1.165) is 22.6 Å². The minimum absolute atomic E-state index is 0.0371. The third-order valence-corrected chi connectivity index (χ3v) is 5.44. The van der Waals surface area contributed by atoms with Crippen LogP contribution in [0, 0.1) is 10.1 Å². The van der Waals surface area contributed by atoms with Crippen molar-refractivity contribution in [2.75, 3.05) is 5.43 Å². The SMILES string of the molecule is C/C(=N/Nc1nc(-c2cccc([N+](=O)[O-])c2)cs1)c1ccc(OCc2ccccc2)cc1. The largest absolute Gasteiger partial charge is 0.489 e. The highest BCUT2D eigenvalue weighted by molar-refractivity contribution is 7.14. The number of thiazole rings is 1. The van der Waals surface area contributed by atoms with Gasteiger partial charge in [-0.2, -0.15) is 5.10 Å². The Morgan fingerprint density at radius 1 is 1.09 bits per heavy atom. The number of hydrazone groups is 1. The molecule has 0 saturated carbocycles. The molecule has 0 aliphatic heterocycles. The average molecular weight is 445 g/mol. The first-order valence-electron chi connectivity index (χ1n) is 9.86. The van der Waals surface area contributed by atoms with Crippen molar-refractivity contribution in [3.8, 4) is 17.0 Å². The van der Waals surface area contributed by atoms with E-state index in [9.17, 15) is 10.1 Å². The fourth-order valence-electron chi connectivity index (χ4n) is 2.97. The molecule has 4 aromatic rings. The second-order valence-electron chi connectivity index (χ2n) is 6.95. The molecule has 1 N–H and O–H groups in total. The van der Waals surface area contributed by atoms with Crippen LogP contribution in [-0.2, 0) is 6.61 Å². The van der Waals surface area contributed by atoms with E-state index in [4.69, 9.17) is 4.74 Å². The molecular weight excluding hydrogens is 424 g/mol. The number of nitrogens with zero attached hydrogens (tertiary/aromatic N) is 3. The van der Waals surface area contributed by atoms with Crippen LogP contribution in [0.1, 0.15) is 18.1 Å². The summed E-state index contributed by atoms with van der Waals surface area (Å²) >= 11 is 1.38. The lowest BCUT2D eigenvalue weighted by molar-refractivity contribution is -0.384. The van der Waals surface area contributed by atoms with Gasteiger partial charge in [0.1, 0.15) is 12.4 Å². The molecule has 0 bridgehead atoms. The number of non-ortho nitro benzene ring substituents is 1. The second-order valence-corrected chi connectivity index (χ2v) is 7.81. The van der Waals surface area contributed by atoms with Crippen molar-refractivity contribution in [2.45, 2.75) is 13.5 Å². The maximum absolute atomic E-state index is 11.0. The molecule has 8 heteroatoms. The van der Waals surface area contributed by atoms with Gasteiger partial charge in [0.05, 0.1) is 16.3 Å². The lowest BCUT2D eigenvalue weighted by Crippen LogP contribution is -2.00. The Balaban J connectivity index is 1.37. The molecule has 0 saturated heterocycles. The number of nitrogens with one attached hydrogen (secondary N) is 1. The van der Waals surface area contributed by atoms with Crippen LogP contribution in [-0.4, -0.2) is 15.6 Å². The monoisotopic (exact) mass is 444 g/mol. The summed E-state index contributed by atoms with van der Waals surface area (Å²) in [6.07, 6.45) is 0. The molecule has 0 amide bonds. The average Bonchev–Trinajstić information content (AvgIpc) is 3.31. The zero-order valence-electron chi connectivity index (χ0n) is 17.3. The van der Waals surface area contributed by atoms with Gasteiger partial charge >= 0.3 is 0 Å². The van der Waals surface area contributed by atoms with Crippen molar-refractivity contribution in [3.05, 3.63) is 105 Å². The van der Waals surface area contributed by atoms with Crippen LogP contribution in [0.5, 0.6) is 5.75 Å². The van der Waals surface area contributed by atoms with Crippen LogP contribution in [0.15, 0.2) is 89.3 Å². The highest BCUT2D eigenvalue weighted by Crippen LogP contribution is 2.27. The summed E-state index contributed by atoms with van der Waals surface area (Å²) in [4.78, 5) is 15.0. The molecule has 7 nitrogen and oxygen atoms in total. The molecule has 0 spiro atoms. The maximum atomic E-state index is 11.0. The van der Waals surface area contributed by atoms with E-state index in [0.29, 0.717) is 23.0 Å². The summed E-state index contributed by atoms with van der Waals surface area (Å²) < 4.78 is 5.82. The number of anilines is 1. The Kier molecular flexibility index (Phi) is 6.52. The third-order valence-electron chi connectivity index (χ3n) is 4.70. The molecule has 4 rings (SSSR count). The van der Waals surface area contributed by atoms with Crippen LogP contribution >= 0.6 is 11.3 Å². The van der Waals surface area contributed by atoms with Crippen molar-refractivity contribution >= 4 is 27.9 Å². The smallest absolute Gasteiger partial charge is 0.270 e. The first kappa shape index (κ1) is 21.2. The Hall–Kier alpha value is -4.04. The molecule has 0 fully saturated rings. The van der Waals surface area contributed by atoms with Crippen molar-refractivity contribution in [3.63, 3.8) is 0 Å². The fraction of sp³-hybridized carbons (Fsp3) is 0.0833. The van der Waals surface area contributed by atoms with E-state index in [1.165, 1.54) is 23.5 Å². The van der Waals surface area contributed by atoms with Gasteiger partial charge in [-0.1, -0.05) is 42.5 Å². The molecule has 0 aliphatic carbocycles. The number of nitro benzene ring substituents is 1. The Morgan fingerprint density at radius 2 is 1.88 bits per heavy atom. The van der Waals surface area contributed by atoms with Gasteiger partial charge in [0.25, 0.3) is 5.69 Å². The summed E-state index contributed by atoms with van der Waals surface area (Å²) in [5, 5.41) is 17.8. The van der Waals surface area contributed by atoms with E-state index >= 15 is 0 Å². The van der Waals surface area contributed by atoms with Crippen LogP contribution in [0.4, 0.5) is 10.8 Å². The molecule has 3 aromatic carbocycles. The number of hydrogen-bond donors (Lipinski definition) is 1. The summed E-state index contributed by atoms with van der Waals surface area (Å²) in [6.45, 7) is 2.42. The second kappa shape index (κ2) is 9.84. The molecule has 0 unspecified atom stereocenters. The Bertz CT molecular complexity index is 1240. The third kappa shape index (κ3) is 5.35. The van der Waals surface area contributed by atoms with Gasteiger partial charge in [0, 0.05) is 23.1 Å². The van der Waals surface area contributed by atoms with Crippen LogP contribution in [0.2, 0.25) is 0 Å². The highest BCUT2D eigenvalue weighted by Gasteiger charge is 2.10. The minimum Gasteiger partial charge on any atom is -0.489 e. The van der Waals surface area contributed by atoms with Crippen LogP contribution in [0.25, 0.3) is 11.3 Å². The highest BCUT2D eigenvalue weighted by atomic mass is 32.1. The zero-order chi connectivity index (χ0) is 22.3. The summed E-state index contributed by atoms with van der Waals surface area (Å²) in [6, 6.07) is 24.2. The predicted molar refractivity (Wildman–Crippen MR) is 127 cm³/mol. The van der Waals surface area contributed by atoms with Crippen LogP contribution < -0.4 is 10.2 Å². The normalized spacial score (nSPS) is 11.2. The van der Waals surface area contributed by atoms with Gasteiger partial charge in [0.15, 0.2) is 0 Å². The maximum Gasteiger partial charge on any atom is 0.270 e. The quantitative estimate of drug-likeness (QED) is 0.200. The summed E-state index contributed by atoms with van der Waals surface area (Å²) in [7, 11) is 0. The Morgan fingerprint density at radius 3 is 2.62 bits per heavy atom. The fourth-order valence-corrected chi connectivity index (χ4v) is 3.63. The molecule has 1 heterocycles. The molecular formula is C24H20N4O3S. The van der Waals surface area contributed by atoms with E-state index in [1.54, 1.807) is 12.1 Å². The standard InChI is InChI=1S/C24H20N4O3S/c1-17(19-10-12-22(13-11-19)31-15-18-6-3-2-4-7-18)26-27-24-25-23(16-32-24)20-8-5-9-21(14-20)28(29)30/h2-14,16H,15H2,1H3,(H,25,27)/b26-17-. The van der Waals surface area contributed by atoms with Gasteiger partial charge in [0.2, 0.25) is 5.13 Å². The number of benzene rings is 3. The van der Waals surface area contributed by atoms with Crippen molar-refractivity contribution < 1.29 is 9.66 Å². The lowest BCUT2D eigenvalue weighted by Gasteiger charge is -2.07. The van der Waals surface area contributed by atoms with E-state index in [2.05, 4.69) is 15.5 Å². The first-order valence-corrected chi connectivity index (χ1v) is 10.7. The van der Waals surface area contributed by atoms with Gasteiger partial charge in [-0.15, -0.1) is 11.3 Å². The van der Waals surface area contributed by atoms with Crippen molar-refractivity contribution in [2.24, 2.45) is 5.10 Å². The van der Waals surface area contributed by atoms with Crippen molar-refractivity contribution in [1.82, 2.24) is 4.98 Å². The molecule has 160 valence electrons. The van der Waals surface area contributed by atoms with E-state index < -0.39 is 4.92 Å². The molecule has 0 radical (unpaired) electrons. The number of ether oxygens (including phenoxy) is 1. The number of aromatic nitrogens is 1. The van der Waals surface area contributed by atoms with E-state index in [-0.39, 0.29) is 5.69 Å². The molecule has 0 atom stereocenters. The van der Waals surface area contributed by atoms with Gasteiger partial charge in [-0.25, -0.2) is 4.98 Å². The molecule has 0 aliphatic rings. The first-order chi connectivity index (χ1) is 15.6. The predicted octanol–water partition coefficient (Wildman–Crippen LogP) is 6.13. The Labute approximate surface area is 189 Å². The summed E-state index contributed by atoms with van der Waals surface area (Å²) in [5.41, 5.74) is 7.22. The lowest BCUT2D eigenvalue weighted by atomic mass is 10.1. The minimum atomic E-state index is -0.416. The number of hydrogen-bond acceptors (Lipinski definition) is 7.